The van der Waals surface area contributed by atoms with Gasteiger partial charge in [0.15, 0.2) is 0 Å². The van der Waals surface area contributed by atoms with Gasteiger partial charge in [-0.2, -0.15) is 0 Å². The Balaban J connectivity index is 2.96. The van der Waals surface area contributed by atoms with E-state index in [9.17, 15) is 9.50 Å². The maximum absolute atomic E-state index is 13.1. The minimum atomic E-state index is -1.21. The summed E-state index contributed by atoms with van der Waals surface area (Å²) in [5.41, 5.74) is 0.549. The van der Waals surface area contributed by atoms with E-state index in [-0.39, 0.29) is 17.9 Å². The summed E-state index contributed by atoms with van der Waals surface area (Å²) in [6.07, 6.45) is 8.24. The summed E-state index contributed by atoms with van der Waals surface area (Å²) in [6.45, 7) is 11.5. The number of allylic oxidation sites excluding steroid dienone is 4. The third kappa shape index (κ3) is 6.69. The van der Waals surface area contributed by atoms with E-state index in [1.807, 2.05) is 39.0 Å². The summed E-state index contributed by atoms with van der Waals surface area (Å²) in [5.74, 6) is -0.303. The zero-order valence-corrected chi connectivity index (χ0v) is 15.0. The quantitative estimate of drug-likeness (QED) is 0.464. The first-order valence-corrected chi connectivity index (χ1v) is 8.25. The van der Waals surface area contributed by atoms with Gasteiger partial charge in [0.2, 0.25) is 0 Å². The Morgan fingerprint density at radius 2 is 1.96 bits per heavy atom. The van der Waals surface area contributed by atoms with Gasteiger partial charge in [0.25, 0.3) is 0 Å². The van der Waals surface area contributed by atoms with E-state index in [4.69, 9.17) is 0 Å². The van der Waals surface area contributed by atoms with Crippen molar-refractivity contribution in [1.82, 2.24) is 5.32 Å². The molecule has 0 aromatic heterocycles. The third-order valence-corrected chi connectivity index (χ3v) is 3.71. The number of rotatable bonds is 9. The van der Waals surface area contributed by atoms with Gasteiger partial charge in [-0.05, 0) is 44.5 Å². The van der Waals surface area contributed by atoms with Crippen LogP contribution in [0.1, 0.15) is 34.1 Å². The number of hydrogen-bond donors (Lipinski definition) is 3. The fourth-order valence-electron chi connectivity index (χ4n) is 2.44. The highest BCUT2D eigenvalue weighted by Gasteiger charge is 2.32. The van der Waals surface area contributed by atoms with Crippen molar-refractivity contribution in [2.45, 2.75) is 51.9 Å². The van der Waals surface area contributed by atoms with Crippen molar-refractivity contribution in [2.75, 3.05) is 5.32 Å². The predicted octanol–water partition coefficient (Wildman–Crippen LogP) is 4.39. The maximum atomic E-state index is 13.1. The first kappa shape index (κ1) is 20.1. The summed E-state index contributed by atoms with van der Waals surface area (Å²) in [4.78, 5) is 0. The second kappa shape index (κ2) is 9.40. The Bertz CT molecular complexity index is 574. The van der Waals surface area contributed by atoms with Crippen LogP contribution in [0.5, 0.6) is 0 Å². The molecule has 0 aliphatic carbocycles. The molecule has 0 radical (unpaired) electrons. The van der Waals surface area contributed by atoms with Crippen LogP contribution in [-0.2, 0) is 0 Å². The number of benzene rings is 1. The Hall–Kier alpha value is -1.91. The van der Waals surface area contributed by atoms with Gasteiger partial charge in [0.1, 0.15) is 11.5 Å². The van der Waals surface area contributed by atoms with Crippen molar-refractivity contribution < 1.29 is 9.50 Å². The molecule has 1 aromatic rings. The zero-order chi connectivity index (χ0) is 18.2. The van der Waals surface area contributed by atoms with Crippen LogP contribution in [0.15, 0.2) is 60.7 Å². The molecular formula is C20H29FN2O. The van der Waals surface area contributed by atoms with Crippen molar-refractivity contribution in [3.8, 4) is 0 Å². The number of halogens is 1. The van der Waals surface area contributed by atoms with E-state index in [0.717, 1.165) is 5.57 Å². The normalized spacial score (nSPS) is 16.2. The lowest BCUT2D eigenvalue weighted by Crippen LogP contribution is -2.55. The molecule has 0 amide bonds. The van der Waals surface area contributed by atoms with Crippen molar-refractivity contribution in [3.05, 3.63) is 66.5 Å². The minimum absolute atomic E-state index is 0.206. The van der Waals surface area contributed by atoms with Crippen molar-refractivity contribution in [2.24, 2.45) is 0 Å². The zero-order valence-electron chi connectivity index (χ0n) is 15.0. The fourth-order valence-corrected chi connectivity index (χ4v) is 2.44. The van der Waals surface area contributed by atoms with Gasteiger partial charge in [0.05, 0.1) is 6.04 Å². The van der Waals surface area contributed by atoms with Gasteiger partial charge < -0.3 is 15.7 Å². The molecule has 0 spiro atoms. The lowest BCUT2D eigenvalue weighted by molar-refractivity contribution is 0.0439. The molecule has 1 aromatic carbocycles. The van der Waals surface area contributed by atoms with Crippen LogP contribution in [-0.4, -0.2) is 22.9 Å². The molecular weight excluding hydrogens is 303 g/mol. The maximum Gasteiger partial charge on any atom is 0.148 e. The number of nitrogens with one attached hydrogen (secondary N) is 2. The molecule has 0 fully saturated rings. The van der Waals surface area contributed by atoms with Crippen LogP contribution < -0.4 is 10.6 Å². The van der Waals surface area contributed by atoms with Crippen LogP contribution in [0.3, 0.4) is 0 Å². The molecule has 2 atom stereocenters. The van der Waals surface area contributed by atoms with Gasteiger partial charge >= 0.3 is 0 Å². The summed E-state index contributed by atoms with van der Waals surface area (Å²) >= 11 is 0. The average Bonchev–Trinajstić information content (AvgIpc) is 2.52. The largest absolute Gasteiger partial charge is 0.370 e. The molecule has 132 valence electrons. The fraction of sp³-hybridized carbons (Fsp3) is 0.400. The standard InChI is InChI=1S/C20H29FN2O/c1-6-8-9-16(7-2)14-19(22-15(3)4)20(5,24)23-18-12-10-17(21)11-13-18/h6-13,15,19,22-24H,1,14H2,2-5H3/b9-8-,16-7+. The molecule has 3 nitrogen and oxygen atoms in total. The second-order valence-corrected chi connectivity index (χ2v) is 6.32. The predicted molar refractivity (Wildman–Crippen MR) is 100 cm³/mol. The third-order valence-electron chi connectivity index (χ3n) is 3.71. The van der Waals surface area contributed by atoms with E-state index in [1.54, 1.807) is 25.1 Å². The lowest BCUT2D eigenvalue weighted by Gasteiger charge is -2.37. The highest BCUT2D eigenvalue weighted by molar-refractivity contribution is 5.45. The molecule has 0 bridgehead atoms. The second-order valence-electron chi connectivity index (χ2n) is 6.32. The molecule has 24 heavy (non-hydrogen) atoms. The molecule has 3 N–H and O–H groups in total. The molecule has 0 aliphatic heterocycles. The molecule has 0 saturated heterocycles. The van der Waals surface area contributed by atoms with Gasteiger partial charge in [-0.25, -0.2) is 4.39 Å². The van der Waals surface area contributed by atoms with Gasteiger partial charge in [-0.1, -0.05) is 50.3 Å². The van der Waals surface area contributed by atoms with Crippen LogP contribution in [0, 0.1) is 5.82 Å². The molecule has 0 aliphatic rings. The highest BCUT2D eigenvalue weighted by Crippen LogP contribution is 2.22. The van der Waals surface area contributed by atoms with Gasteiger partial charge in [0, 0.05) is 11.7 Å². The van der Waals surface area contributed by atoms with Crippen LogP contribution in [0.4, 0.5) is 10.1 Å². The summed E-state index contributed by atoms with van der Waals surface area (Å²) in [7, 11) is 0. The first-order chi connectivity index (χ1) is 11.3. The van der Waals surface area contributed by atoms with E-state index < -0.39 is 5.72 Å². The van der Waals surface area contributed by atoms with E-state index in [0.29, 0.717) is 12.1 Å². The minimum Gasteiger partial charge on any atom is -0.370 e. The first-order valence-electron chi connectivity index (χ1n) is 8.25. The molecule has 2 unspecified atom stereocenters. The topological polar surface area (TPSA) is 44.3 Å². The van der Waals surface area contributed by atoms with Crippen LogP contribution >= 0.6 is 0 Å². The van der Waals surface area contributed by atoms with Crippen molar-refractivity contribution in [1.29, 1.82) is 0 Å². The molecule has 1 rings (SSSR count). The Morgan fingerprint density at radius 1 is 1.33 bits per heavy atom. The Morgan fingerprint density at radius 3 is 2.46 bits per heavy atom. The SMILES string of the molecule is C=C/C=C\C(=C/C)CC(NC(C)C)C(C)(O)Nc1ccc(F)cc1. The number of anilines is 1. The Labute approximate surface area is 145 Å². The molecule has 0 heterocycles. The van der Waals surface area contributed by atoms with E-state index >= 15 is 0 Å². The molecule has 4 heteroatoms. The van der Waals surface area contributed by atoms with Crippen LogP contribution in [0.25, 0.3) is 0 Å². The molecule has 0 saturated carbocycles. The lowest BCUT2D eigenvalue weighted by atomic mass is 9.95. The number of hydrogen-bond acceptors (Lipinski definition) is 3. The van der Waals surface area contributed by atoms with E-state index in [2.05, 4.69) is 17.2 Å². The summed E-state index contributed by atoms with van der Waals surface area (Å²) in [5, 5.41) is 17.5. The van der Waals surface area contributed by atoms with Crippen LogP contribution in [0.2, 0.25) is 0 Å². The van der Waals surface area contributed by atoms with Gasteiger partial charge in [-0.3, -0.25) is 0 Å². The monoisotopic (exact) mass is 332 g/mol. The summed E-state index contributed by atoms with van der Waals surface area (Å²) < 4.78 is 13.1. The van der Waals surface area contributed by atoms with Crippen molar-refractivity contribution >= 4 is 5.69 Å². The van der Waals surface area contributed by atoms with Gasteiger partial charge in [-0.15, -0.1) is 0 Å². The number of aliphatic hydroxyl groups is 1. The summed E-state index contributed by atoms with van der Waals surface area (Å²) in [6, 6.07) is 5.94. The van der Waals surface area contributed by atoms with E-state index in [1.165, 1.54) is 12.1 Å². The highest BCUT2D eigenvalue weighted by atomic mass is 19.1. The smallest absolute Gasteiger partial charge is 0.148 e. The Kier molecular flexibility index (Phi) is 7.89. The van der Waals surface area contributed by atoms with Crippen molar-refractivity contribution in [3.63, 3.8) is 0 Å². The average molecular weight is 332 g/mol.